The van der Waals surface area contributed by atoms with E-state index < -0.39 is 0 Å². The van der Waals surface area contributed by atoms with E-state index in [1.54, 1.807) is 0 Å². The molecule has 1 aliphatic heterocycles. The minimum atomic E-state index is 0.602. The van der Waals surface area contributed by atoms with Crippen LogP contribution in [-0.2, 0) is 0 Å². The molecule has 1 nitrogen and oxygen atoms in total. The van der Waals surface area contributed by atoms with Gasteiger partial charge in [-0.3, -0.25) is 4.99 Å². The maximum Gasteiger partial charge on any atom is 0.0788 e. The van der Waals surface area contributed by atoms with Gasteiger partial charge >= 0.3 is 0 Å². The fraction of sp³-hybridized carbons (Fsp3) is 0.400. The molecule has 0 aromatic heterocycles. The summed E-state index contributed by atoms with van der Waals surface area (Å²) in [6.45, 7) is 0. The molecule has 0 bridgehead atoms. The molecule has 2 rings (SSSR count). The standard InChI is InChI=1S/C5H5N/c1-2-5-4(1)3-6-5/h1-5H/t4-,5-/m1/s1. The molecule has 30 valence electrons. The Morgan fingerprint density at radius 1 is 1.33 bits per heavy atom. The molecule has 6 heavy (non-hydrogen) atoms. The number of hydrogen-bond acceptors (Lipinski definition) is 1. The first-order chi connectivity index (χ1) is 2.97. The summed E-state index contributed by atoms with van der Waals surface area (Å²) in [7, 11) is 0. The number of dihydropyridines is 1. The van der Waals surface area contributed by atoms with Gasteiger partial charge in [-0.15, -0.1) is 0 Å². The predicted octanol–water partition coefficient (Wildman–Crippen LogP) is 0.625. The predicted molar refractivity (Wildman–Crippen MR) is 24.9 cm³/mol. The highest BCUT2D eigenvalue weighted by molar-refractivity contribution is 5.74. The lowest BCUT2D eigenvalue weighted by Crippen LogP contribution is -2.32. The van der Waals surface area contributed by atoms with Gasteiger partial charge in [-0.2, -0.15) is 0 Å². The third-order valence-corrected chi connectivity index (χ3v) is 1.36. The van der Waals surface area contributed by atoms with Crippen LogP contribution in [0.2, 0.25) is 0 Å². The monoisotopic (exact) mass is 79.0 g/mol. The van der Waals surface area contributed by atoms with Gasteiger partial charge in [-0.1, -0.05) is 12.2 Å². The highest BCUT2D eigenvalue weighted by atomic mass is 14.9. The Morgan fingerprint density at radius 2 is 2.17 bits per heavy atom. The van der Waals surface area contributed by atoms with Gasteiger partial charge < -0.3 is 0 Å². The van der Waals surface area contributed by atoms with Crippen molar-refractivity contribution in [2.75, 3.05) is 0 Å². The molecule has 1 aliphatic carbocycles. The maximum absolute atomic E-state index is 4.03. The molecule has 1 heterocycles. The molecule has 0 radical (unpaired) electrons. The molecule has 0 spiro atoms. The van der Waals surface area contributed by atoms with Gasteiger partial charge in [0.05, 0.1) is 6.04 Å². The summed E-state index contributed by atoms with van der Waals surface area (Å²) >= 11 is 0. The van der Waals surface area contributed by atoms with Crippen LogP contribution in [0.25, 0.3) is 0 Å². The minimum Gasteiger partial charge on any atom is -0.288 e. The van der Waals surface area contributed by atoms with Crippen LogP contribution in [0.3, 0.4) is 0 Å². The van der Waals surface area contributed by atoms with Crippen molar-refractivity contribution in [3.05, 3.63) is 12.2 Å². The summed E-state index contributed by atoms with van der Waals surface area (Å²) in [5.41, 5.74) is 0. The maximum atomic E-state index is 4.03. The van der Waals surface area contributed by atoms with Crippen LogP contribution in [0.1, 0.15) is 0 Å². The van der Waals surface area contributed by atoms with Gasteiger partial charge in [0.15, 0.2) is 0 Å². The van der Waals surface area contributed by atoms with Crippen molar-refractivity contribution in [1.82, 2.24) is 0 Å². The molecule has 0 unspecified atom stereocenters. The van der Waals surface area contributed by atoms with Crippen molar-refractivity contribution in [3.8, 4) is 0 Å². The average molecular weight is 79.1 g/mol. The lowest BCUT2D eigenvalue weighted by Gasteiger charge is -2.29. The molecule has 2 atom stereocenters. The van der Waals surface area contributed by atoms with E-state index in [-0.39, 0.29) is 0 Å². The fourth-order valence-electron chi connectivity index (χ4n) is 0.723. The molecule has 0 saturated carbocycles. The Bertz CT molecular complexity index is 95.9. The van der Waals surface area contributed by atoms with Gasteiger partial charge in [-0.25, -0.2) is 0 Å². The first kappa shape index (κ1) is 2.56. The zero-order valence-corrected chi connectivity index (χ0v) is 3.33. The van der Waals surface area contributed by atoms with E-state index in [1.165, 1.54) is 0 Å². The molecular formula is C5H5N. The van der Waals surface area contributed by atoms with E-state index in [2.05, 4.69) is 17.1 Å². The van der Waals surface area contributed by atoms with Gasteiger partial charge in [0, 0.05) is 12.1 Å². The Hall–Kier alpha value is -0.590. The number of fused-ring (bicyclic) bond motifs is 1. The zero-order valence-electron chi connectivity index (χ0n) is 3.33. The molecule has 0 N–H and O–H groups in total. The van der Waals surface area contributed by atoms with Crippen LogP contribution in [0.5, 0.6) is 0 Å². The average Bonchev–Trinajstić information content (AvgIpc) is 1.54. The topological polar surface area (TPSA) is 12.4 Å². The van der Waals surface area contributed by atoms with Gasteiger partial charge in [0.25, 0.3) is 0 Å². The number of aliphatic imine (C=N–C) groups is 1. The summed E-state index contributed by atoms with van der Waals surface area (Å²) in [5.74, 6) is 0.741. The second kappa shape index (κ2) is 0.579. The SMILES string of the molecule is C1=C[C@H]2N=C[C@@H]12. The highest BCUT2D eigenvalue weighted by Crippen LogP contribution is 2.25. The van der Waals surface area contributed by atoms with Crippen molar-refractivity contribution in [1.29, 1.82) is 0 Å². The van der Waals surface area contributed by atoms with Crippen LogP contribution in [-0.4, -0.2) is 12.3 Å². The van der Waals surface area contributed by atoms with Crippen LogP contribution in [0.15, 0.2) is 17.1 Å². The molecular weight excluding hydrogens is 74.1 g/mol. The number of nitrogens with zero attached hydrogens (tertiary/aromatic N) is 1. The molecule has 2 aliphatic rings. The summed E-state index contributed by atoms with van der Waals surface area (Å²) < 4.78 is 0. The Morgan fingerprint density at radius 3 is 2.17 bits per heavy atom. The van der Waals surface area contributed by atoms with E-state index in [4.69, 9.17) is 0 Å². The molecule has 0 aromatic carbocycles. The van der Waals surface area contributed by atoms with Crippen molar-refractivity contribution >= 4 is 6.21 Å². The van der Waals surface area contributed by atoms with Gasteiger partial charge in [-0.05, 0) is 0 Å². The van der Waals surface area contributed by atoms with E-state index >= 15 is 0 Å². The molecule has 0 amide bonds. The second-order valence-electron chi connectivity index (χ2n) is 1.75. The quantitative estimate of drug-likeness (QED) is 0.377. The number of hydrogen-bond donors (Lipinski definition) is 0. The van der Waals surface area contributed by atoms with Crippen LogP contribution in [0, 0.1) is 5.92 Å². The molecule has 0 aromatic rings. The van der Waals surface area contributed by atoms with Gasteiger partial charge in [0.1, 0.15) is 0 Å². The smallest absolute Gasteiger partial charge is 0.0788 e. The van der Waals surface area contributed by atoms with Crippen LogP contribution >= 0.6 is 0 Å². The molecule has 0 saturated heterocycles. The summed E-state index contributed by atoms with van der Waals surface area (Å²) in [5, 5.41) is 0. The molecule has 1 heteroatoms. The number of rotatable bonds is 0. The van der Waals surface area contributed by atoms with Gasteiger partial charge in [0.2, 0.25) is 0 Å². The normalized spacial score (nSPS) is 46.7. The van der Waals surface area contributed by atoms with Crippen molar-refractivity contribution in [2.24, 2.45) is 10.9 Å². The summed E-state index contributed by atoms with van der Waals surface area (Å²) in [6, 6.07) is 0.602. The van der Waals surface area contributed by atoms with Crippen molar-refractivity contribution < 1.29 is 0 Å². The fourth-order valence-corrected chi connectivity index (χ4v) is 0.723. The van der Waals surface area contributed by atoms with E-state index in [1.807, 2.05) is 6.21 Å². The minimum absolute atomic E-state index is 0.602. The Kier molecular flexibility index (Phi) is 0.247. The van der Waals surface area contributed by atoms with Crippen LogP contribution in [0.4, 0.5) is 0 Å². The largest absolute Gasteiger partial charge is 0.288 e. The third-order valence-electron chi connectivity index (χ3n) is 1.36. The van der Waals surface area contributed by atoms with E-state index in [9.17, 15) is 0 Å². The van der Waals surface area contributed by atoms with Crippen molar-refractivity contribution in [2.45, 2.75) is 6.04 Å². The van der Waals surface area contributed by atoms with E-state index in [0.717, 1.165) is 5.92 Å². The lowest BCUT2D eigenvalue weighted by atomic mass is 9.86. The highest BCUT2D eigenvalue weighted by Gasteiger charge is 2.27. The summed E-state index contributed by atoms with van der Waals surface area (Å²) in [6.07, 6.45) is 6.30. The third kappa shape index (κ3) is 0.110. The first-order valence-electron chi connectivity index (χ1n) is 2.18. The Labute approximate surface area is 36.4 Å². The summed E-state index contributed by atoms with van der Waals surface area (Å²) in [4.78, 5) is 4.03. The zero-order chi connectivity index (χ0) is 3.98. The lowest BCUT2D eigenvalue weighted by molar-refractivity contribution is 0.616. The van der Waals surface area contributed by atoms with E-state index in [0.29, 0.717) is 6.04 Å². The molecule has 0 fully saturated rings. The second-order valence-corrected chi connectivity index (χ2v) is 1.75. The Balaban J connectivity index is 2.40. The first-order valence-corrected chi connectivity index (χ1v) is 2.18. The van der Waals surface area contributed by atoms with Crippen molar-refractivity contribution in [3.63, 3.8) is 0 Å². The van der Waals surface area contributed by atoms with Crippen LogP contribution < -0.4 is 0 Å².